The van der Waals surface area contributed by atoms with E-state index in [2.05, 4.69) is 28.7 Å². The molecule has 2 heterocycles. The fourth-order valence-corrected chi connectivity index (χ4v) is 3.38. The zero-order valence-corrected chi connectivity index (χ0v) is 14.6. The van der Waals surface area contributed by atoms with Gasteiger partial charge in [0.1, 0.15) is 0 Å². The van der Waals surface area contributed by atoms with Crippen molar-refractivity contribution in [1.82, 2.24) is 14.4 Å². The van der Waals surface area contributed by atoms with Crippen LogP contribution in [0.15, 0.2) is 84.9 Å². The Hall–Kier alpha value is -3.17. The minimum atomic E-state index is 0.692. The quantitative estimate of drug-likeness (QED) is 0.396. The van der Waals surface area contributed by atoms with Gasteiger partial charge in [-0.3, -0.25) is 4.40 Å². The Labute approximate surface area is 155 Å². The number of nitrogens with zero attached hydrogens (tertiary/aromatic N) is 3. The van der Waals surface area contributed by atoms with Crippen LogP contribution in [0.3, 0.4) is 0 Å². The van der Waals surface area contributed by atoms with E-state index in [1.165, 1.54) is 0 Å². The van der Waals surface area contributed by atoms with Crippen LogP contribution in [0.25, 0.3) is 39.3 Å². The van der Waals surface area contributed by atoms with Gasteiger partial charge in [-0.05, 0) is 35.9 Å². The Kier molecular flexibility index (Phi) is 3.47. The van der Waals surface area contributed by atoms with Crippen molar-refractivity contribution in [2.75, 3.05) is 0 Å². The van der Waals surface area contributed by atoms with Crippen LogP contribution < -0.4 is 0 Å². The lowest BCUT2D eigenvalue weighted by Crippen LogP contribution is -1.97. The molecule has 0 saturated carbocycles. The van der Waals surface area contributed by atoms with Gasteiger partial charge in [0.25, 0.3) is 0 Å². The van der Waals surface area contributed by atoms with Crippen LogP contribution in [0.4, 0.5) is 0 Å². The number of halogens is 1. The Morgan fingerprint density at radius 3 is 2.23 bits per heavy atom. The molecule has 0 N–H and O–H groups in total. The molecule has 0 amide bonds. The molecule has 0 aliphatic rings. The van der Waals surface area contributed by atoms with Crippen LogP contribution in [0, 0.1) is 0 Å². The monoisotopic (exact) mass is 355 g/mol. The third-order valence-electron chi connectivity index (χ3n) is 4.49. The predicted molar refractivity (Wildman–Crippen MR) is 106 cm³/mol. The molecule has 0 unspecified atom stereocenters. The Morgan fingerprint density at radius 1 is 0.692 bits per heavy atom. The van der Waals surface area contributed by atoms with Crippen molar-refractivity contribution < 1.29 is 0 Å². The van der Waals surface area contributed by atoms with Gasteiger partial charge in [0, 0.05) is 10.6 Å². The maximum atomic E-state index is 6.04. The van der Waals surface area contributed by atoms with Crippen molar-refractivity contribution in [2.45, 2.75) is 0 Å². The lowest BCUT2D eigenvalue weighted by Gasteiger charge is -2.10. The SMILES string of the molecule is Clc1ccc(-c2cc(-c3ccccc3)n3c(n2)nc2ccccc23)cc1. The van der Waals surface area contributed by atoms with Crippen LogP contribution >= 0.6 is 11.6 Å². The summed E-state index contributed by atoms with van der Waals surface area (Å²) in [6.07, 6.45) is 0. The smallest absolute Gasteiger partial charge is 0.235 e. The van der Waals surface area contributed by atoms with Gasteiger partial charge in [-0.25, -0.2) is 9.97 Å². The van der Waals surface area contributed by atoms with E-state index >= 15 is 0 Å². The Morgan fingerprint density at radius 2 is 1.42 bits per heavy atom. The standard InChI is InChI=1S/C22H14ClN3/c23-17-12-10-15(11-13-17)19-14-21(16-6-2-1-3-7-16)26-20-9-5-4-8-18(20)24-22(26)25-19/h1-14H. The zero-order valence-electron chi connectivity index (χ0n) is 13.8. The summed E-state index contributed by atoms with van der Waals surface area (Å²) in [5.74, 6) is 0.692. The summed E-state index contributed by atoms with van der Waals surface area (Å²) in [5.41, 5.74) is 6.07. The van der Waals surface area contributed by atoms with Crippen LogP contribution in [0.1, 0.15) is 0 Å². The van der Waals surface area contributed by atoms with Gasteiger partial charge in [0.2, 0.25) is 5.78 Å². The number of aromatic nitrogens is 3. The molecule has 0 aliphatic carbocycles. The molecule has 2 aromatic heterocycles. The van der Waals surface area contributed by atoms with Crippen molar-refractivity contribution in [3.05, 3.63) is 90.0 Å². The molecular formula is C22H14ClN3. The molecule has 4 heteroatoms. The largest absolute Gasteiger partial charge is 0.276 e. The Balaban J connectivity index is 1.87. The first-order chi connectivity index (χ1) is 12.8. The van der Waals surface area contributed by atoms with E-state index in [0.717, 1.165) is 33.5 Å². The van der Waals surface area contributed by atoms with Gasteiger partial charge in [-0.1, -0.05) is 66.2 Å². The summed E-state index contributed by atoms with van der Waals surface area (Å²) < 4.78 is 2.12. The molecule has 0 atom stereocenters. The van der Waals surface area contributed by atoms with Crippen molar-refractivity contribution >= 4 is 28.4 Å². The van der Waals surface area contributed by atoms with Gasteiger partial charge in [-0.2, -0.15) is 0 Å². The van der Waals surface area contributed by atoms with Crippen LogP contribution in [0.5, 0.6) is 0 Å². The first-order valence-electron chi connectivity index (χ1n) is 8.39. The molecule has 3 nitrogen and oxygen atoms in total. The van der Waals surface area contributed by atoms with E-state index in [-0.39, 0.29) is 0 Å². The second kappa shape index (κ2) is 5.97. The number of hydrogen-bond donors (Lipinski definition) is 0. The summed E-state index contributed by atoms with van der Waals surface area (Å²) in [5, 5.41) is 0.713. The normalized spacial score (nSPS) is 11.3. The van der Waals surface area contributed by atoms with Crippen LogP contribution in [0.2, 0.25) is 5.02 Å². The highest BCUT2D eigenvalue weighted by molar-refractivity contribution is 6.30. The minimum absolute atomic E-state index is 0.692. The first-order valence-corrected chi connectivity index (χ1v) is 8.77. The number of benzene rings is 3. The molecule has 0 radical (unpaired) electrons. The fourth-order valence-electron chi connectivity index (χ4n) is 3.25. The van der Waals surface area contributed by atoms with Gasteiger partial charge < -0.3 is 0 Å². The molecular weight excluding hydrogens is 342 g/mol. The molecule has 26 heavy (non-hydrogen) atoms. The average molecular weight is 356 g/mol. The van der Waals surface area contributed by atoms with Crippen LogP contribution in [-0.4, -0.2) is 14.4 Å². The van der Waals surface area contributed by atoms with Gasteiger partial charge in [0.15, 0.2) is 0 Å². The zero-order chi connectivity index (χ0) is 17.5. The molecule has 124 valence electrons. The molecule has 0 aliphatic heterocycles. The van der Waals surface area contributed by atoms with E-state index in [1.807, 2.05) is 60.7 Å². The highest BCUT2D eigenvalue weighted by Gasteiger charge is 2.13. The molecule has 0 saturated heterocycles. The van der Waals surface area contributed by atoms with Gasteiger partial charge in [-0.15, -0.1) is 0 Å². The first kappa shape index (κ1) is 15.1. The van der Waals surface area contributed by atoms with Crippen molar-refractivity contribution in [3.63, 3.8) is 0 Å². The molecule has 5 aromatic rings. The van der Waals surface area contributed by atoms with Crippen molar-refractivity contribution in [2.24, 2.45) is 0 Å². The topological polar surface area (TPSA) is 30.2 Å². The molecule has 0 fully saturated rings. The summed E-state index contributed by atoms with van der Waals surface area (Å²) in [7, 11) is 0. The number of hydrogen-bond acceptors (Lipinski definition) is 2. The van der Waals surface area contributed by atoms with Crippen molar-refractivity contribution in [1.29, 1.82) is 0 Å². The summed E-state index contributed by atoms with van der Waals surface area (Å²) in [4.78, 5) is 9.54. The Bertz CT molecular complexity index is 1230. The second-order valence-electron chi connectivity index (χ2n) is 6.14. The lowest BCUT2D eigenvalue weighted by atomic mass is 10.1. The summed E-state index contributed by atoms with van der Waals surface area (Å²) in [6.45, 7) is 0. The number of imidazole rings is 1. The highest BCUT2D eigenvalue weighted by Crippen LogP contribution is 2.29. The predicted octanol–water partition coefficient (Wildman–Crippen LogP) is 5.87. The third-order valence-corrected chi connectivity index (χ3v) is 4.74. The third kappa shape index (κ3) is 2.45. The van der Waals surface area contributed by atoms with E-state index in [1.54, 1.807) is 0 Å². The second-order valence-corrected chi connectivity index (χ2v) is 6.57. The summed E-state index contributed by atoms with van der Waals surface area (Å²) >= 11 is 6.04. The maximum Gasteiger partial charge on any atom is 0.235 e. The fraction of sp³-hybridized carbons (Fsp3) is 0. The maximum absolute atomic E-state index is 6.04. The van der Waals surface area contributed by atoms with E-state index in [4.69, 9.17) is 21.6 Å². The molecule has 5 rings (SSSR count). The number of fused-ring (bicyclic) bond motifs is 3. The minimum Gasteiger partial charge on any atom is -0.276 e. The molecule has 3 aromatic carbocycles. The summed E-state index contributed by atoms with van der Waals surface area (Å²) in [6, 6.07) is 28.3. The van der Waals surface area contributed by atoms with Crippen molar-refractivity contribution in [3.8, 4) is 22.5 Å². The average Bonchev–Trinajstić information content (AvgIpc) is 3.07. The van der Waals surface area contributed by atoms with Gasteiger partial charge >= 0.3 is 0 Å². The van der Waals surface area contributed by atoms with E-state index < -0.39 is 0 Å². The van der Waals surface area contributed by atoms with Gasteiger partial charge in [0.05, 0.1) is 22.4 Å². The van der Waals surface area contributed by atoms with Crippen LogP contribution in [-0.2, 0) is 0 Å². The highest BCUT2D eigenvalue weighted by atomic mass is 35.5. The molecule has 0 spiro atoms. The lowest BCUT2D eigenvalue weighted by molar-refractivity contribution is 1.14. The molecule has 0 bridgehead atoms. The van der Waals surface area contributed by atoms with E-state index in [9.17, 15) is 0 Å². The van der Waals surface area contributed by atoms with E-state index in [0.29, 0.717) is 10.8 Å². The number of para-hydroxylation sites is 2. The number of rotatable bonds is 2.